The fraction of sp³-hybridized carbons (Fsp3) is 0.562. The van der Waals surface area contributed by atoms with Gasteiger partial charge in [0.1, 0.15) is 0 Å². The summed E-state index contributed by atoms with van der Waals surface area (Å²) < 4.78 is 23.0. The summed E-state index contributed by atoms with van der Waals surface area (Å²) in [7, 11) is -3.21. The largest absolute Gasteiger partial charge is 0.333 e. The molecule has 0 heterocycles. The van der Waals surface area contributed by atoms with Gasteiger partial charge >= 0.3 is 0 Å². The molecular formula is C16H21NO3S. The highest BCUT2D eigenvalue weighted by molar-refractivity contribution is 7.90. The SMILES string of the molecule is C[C@@H](C1CC1)N(C(=O)c1ccc(S(C)(=O)=O)cc1)C1CC1. The molecule has 0 spiro atoms. The van der Waals surface area contributed by atoms with Crippen molar-refractivity contribution in [3.8, 4) is 0 Å². The number of carbonyl (C=O) groups is 1. The minimum atomic E-state index is -3.21. The van der Waals surface area contributed by atoms with Crippen LogP contribution >= 0.6 is 0 Å². The van der Waals surface area contributed by atoms with E-state index in [1.165, 1.54) is 31.2 Å². The first-order valence-electron chi connectivity index (χ1n) is 7.50. The second-order valence-electron chi connectivity index (χ2n) is 6.32. The maximum absolute atomic E-state index is 12.7. The van der Waals surface area contributed by atoms with Crippen LogP contribution in [0.1, 0.15) is 43.0 Å². The van der Waals surface area contributed by atoms with Crippen LogP contribution in [0, 0.1) is 5.92 Å². The first-order valence-corrected chi connectivity index (χ1v) is 9.40. The Kier molecular flexibility index (Phi) is 3.56. The number of amides is 1. The minimum Gasteiger partial charge on any atom is -0.333 e. The normalized spacial score (nSPS) is 20.1. The summed E-state index contributed by atoms with van der Waals surface area (Å²) in [5, 5.41) is 0. The molecule has 5 heteroatoms. The number of nitrogens with zero attached hydrogens (tertiary/aromatic N) is 1. The smallest absolute Gasteiger partial charge is 0.254 e. The summed E-state index contributed by atoms with van der Waals surface area (Å²) >= 11 is 0. The zero-order valence-electron chi connectivity index (χ0n) is 12.5. The molecule has 2 saturated carbocycles. The van der Waals surface area contributed by atoms with Gasteiger partial charge in [0, 0.05) is 23.9 Å². The summed E-state index contributed by atoms with van der Waals surface area (Å²) in [4.78, 5) is 15.0. The van der Waals surface area contributed by atoms with Crippen LogP contribution in [0.15, 0.2) is 29.2 Å². The van der Waals surface area contributed by atoms with Crippen molar-refractivity contribution in [3.05, 3.63) is 29.8 Å². The van der Waals surface area contributed by atoms with Crippen LogP contribution in [-0.2, 0) is 9.84 Å². The Bertz CT molecular complexity index is 643. The van der Waals surface area contributed by atoms with Crippen LogP contribution < -0.4 is 0 Å². The lowest BCUT2D eigenvalue weighted by atomic mass is 10.1. The van der Waals surface area contributed by atoms with Gasteiger partial charge in [-0.3, -0.25) is 4.79 Å². The van der Waals surface area contributed by atoms with Crippen molar-refractivity contribution in [2.75, 3.05) is 6.26 Å². The standard InChI is InChI=1S/C16H21NO3S/c1-11(12-3-4-12)17(14-7-8-14)16(18)13-5-9-15(10-6-13)21(2,19)20/h5-6,9-12,14H,3-4,7-8H2,1-2H3/t11-/m0/s1. The molecule has 2 aliphatic rings. The third-order valence-corrected chi connectivity index (χ3v) is 5.58. The maximum atomic E-state index is 12.7. The molecule has 21 heavy (non-hydrogen) atoms. The lowest BCUT2D eigenvalue weighted by Crippen LogP contribution is -2.41. The number of hydrogen-bond donors (Lipinski definition) is 0. The lowest BCUT2D eigenvalue weighted by Gasteiger charge is -2.29. The fourth-order valence-electron chi connectivity index (χ4n) is 2.84. The van der Waals surface area contributed by atoms with Gasteiger partial charge in [0.2, 0.25) is 0 Å². The van der Waals surface area contributed by atoms with Gasteiger partial charge in [0.25, 0.3) is 5.91 Å². The van der Waals surface area contributed by atoms with E-state index in [0.717, 1.165) is 12.8 Å². The molecule has 3 rings (SSSR count). The molecule has 0 bridgehead atoms. The minimum absolute atomic E-state index is 0.0388. The number of rotatable bonds is 5. The zero-order chi connectivity index (χ0) is 15.2. The van der Waals surface area contributed by atoms with Crippen molar-refractivity contribution in [2.24, 2.45) is 5.92 Å². The first kappa shape index (κ1) is 14.6. The highest BCUT2D eigenvalue weighted by Crippen LogP contribution is 2.40. The van der Waals surface area contributed by atoms with Crippen LogP contribution in [0.2, 0.25) is 0 Å². The molecule has 4 nitrogen and oxygen atoms in total. The Labute approximate surface area is 126 Å². The van der Waals surface area contributed by atoms with Gasteiger partial charge in [-0.2, -0.15) is 0 Å². The Balaban J connectivity index is 1.82. The fourth-order valence-corrected chi connectivity index (χ4v) is 3.47. The molecule has 1 aromatic rings. The molecule has 2 fully saturated rings. The van der Waals surface area contributed by atoms with E-state index >= 15 is 0 Å². The monoisotopic (exact) mass is 307 g/mol. The highest BCUT2D eigenvalue weighted by atomic mass is 32.2. The Morgan fingerprint density at radius 2 is 1.71 bits per heavy atom. The summed E-state index contributed by atoms with van der Waals surface area (Å²) in [6, 6.07) is 6.98. The zero-order valence-corrected chi connectivity index (χ0v) is 13.3. The Morgan fingerprint density at radius 3 is 2.14 bits per heavy atom. The molecule has 0 aliphatic heterocycles. The lowest BCUT2D eigenvalue weighted by molar-refractivity contribution is 0.0654. The van der Waals surface area contributed by atoms with Crippen molar-refractivity contribution in [3.63, 3.8) is 0 Å². The molecule has 0 N–H and O–H groups in total. The molecule has 0 radical (unpaired) electrons. The van der Waals surface area contributed by atoms with E-state index in [4.69, 9.17) is 0 Å². The summed E-state index contributed by atoms with van der Waals surface area (Å²) in [5.74, 6) is 0.682. The van der Waals surface area contributed by atoms with Gasteiger partial charge in [-0.15, -0.1) is 0 Å². The van der Waals surface area contributed by atoms with E-state index in [1.807, 2.05) is 4.90 Å². The first-order chi connectivity index (χ1) is 9.88. The van der Waals surface area contributed by atoms with Crippen molar-refractivity contribution in [1.29, 1.82) is 0 Å². The molecule has 114 valence electrons. The summed E-state index contributed by atoms with van der Waals surface area (Å²) in [6.07, 6.45) is 5.78. The highest BCUT2D eigenvalue weighted by Gasteiger charge is 2.41. The number of sulfone groups is 1. The van der Waals surface area contributed by atoms with Gasteiger partial charge in [0.15, 0.2) is 9.84 Å². The van der Waals surface area contributed by atoms with Gasteiger partial charge in [-0.1, -0.05) is 0 Å². The van der Waals surface area contributed by atoms with E-state index in [9.17, 15) is 13.2 Å². The topological polar surface area (TPSA) is 54.5 Å². The van der Waals surface area contributed by atoms with Crippen molar-refractivity contribution >= 4 is 15.7 Å². The number of carbonyl (C=O) groups excluding carboxylic acids is 1. The second-order valence-corrected chi connectivity index (χ2v) is 8.33. The number of benzene rings is 1. The van der Waals surface area contributed by atoms with Crippen molar-refractivity contribution in [1.82, 2.24) is 4.90 Å². The van der Waals surface area contributed by atoms with E-state index < -0.39 is 9.84 Å². The Morgan fingerprint density at radius 1 is 1.14 bits per heavy atom. The van der Waals surface area contributed by atoms with Gasteiger partial charge in [-0.25, -0.2) is 8.42 Å². The summed E-state index contributed by atoms with van der Waals surface area (Å²) in [5.41, 5.74) is 0.585. The Hall–Kier alpha value is -1.36. The molecule has 2 aliphatic carbocycles. The second kappa shape index (κ2) is 5.13. The average molecular weight is 307 g/mol. The van der Waals surface area contributed by atoms with Crippen LogP contribution in [-0.4, -0.2) is 37.6 Å². The van der Waals surface area contributed by atoms with Gasteiger partial charge < -0.3 is 4.90 Å². The van der Waals surface area contributed by atoms with Crippen LogP contribution in [0.25, 0.3) is 0 Å². The van der Waals surface area contributed by atoms with Crippen LogP contribution in [0.3, 0.4) is 0 Å². The molecule has 0 saturated heterocycles. The molecule has 1 amide bonds. The third-order valence-electron chi connectivity index (χ3n) is 4.45. The predicted octanol–water partition coefficient (Wildman–Crippen LogP) is 2.49. The molecule has 1 atom stereocenters. The summed E-state index contributed by atoms with van der Waals surface area (Å²) in [6.45, 7) is 2.14. The van der Waals surface area contributed by atoms with E-state index in [1.54, 1.807) is 12.1 Å². The van der Waals surface area contributed by atoms with Crippen molar-refractivity contribution in [2.45, 2.75) is 49.6 Å². The van der Waals surface area contributed by atoms with Crippen molar-refractivity contribution < 1.29 is 13.2 Å². The van der Waals surface area contributed by atoms with Gasteiger partial charge in [-0.05, 0) is 62.8 Å². The van der Waals surface area contributed by atoms with E-state index in [0.29, 0.717) is 23.6 Å². The van der Waals surface area contributed by atoms with Crippen LogP contribution in [0.5, 0.6) is 0 Å². The molecule has 1 aromatic carbocycles. The molecular weight excluding hydrogens is 286 g/mol. The third kappa shape index (κ3) is 3.12. The quantitative estimate of drug-likeness (QED) is 0.840. The van der Waals surface area contributed by atoms with E-state index in [2.05, 4.69) is 6.92 Å². The van der Waals surface area contributed by atoms with Crippen LogP contribution in [0.4, 0.5) is 0 Å². The van der Waals surface area contributed by atoms with Gasteiger partial charge in [0.05, 0.1) is 4.90 Å². The average Bonchev–Trinajstić information content (AvgIpc) is 3.28. The number of hydrogen-bond acceptors (Lipinski definition) is 3. The molecule has 0 aromatic heterocycles. The maximum Gasteiger partial charge on any atom is 0.254 e. The predicted molar refractivity (Wildman–Crippen MR) is 80.9 cm³/mol. The molecule has 0 unspecified atom stereocenters. The van der Waals surface area contributed by atoms with E-state index in [-0.39, 0.29) is 10.8 Å².